The molecule has 6 heteroatoms. The Balaban J connectivity index is 1.88. The summed E-state index contributed by atoms with van der Waals surface area (Å²) in [6.45, 7) is 1.49. The van der Waals surface area contributed by atoms with E-state index in [9.17, 15) is 4.79 Å². The fraction of sp³-hybridized carbons (Fsp3) is 0.381. The average molecular weight is 370 g/mol. The van der Waals surface area contributed by atoms with Crippen LogP contribution in [0.1, 0.15) is 23.5 Å². The molecule has 2 aromatic carbocycles. The number of rotatable bonds is 7. The Morgan fingerprint density at radius 3 is 2.44 bits per heavy atom. The van der Waals surface area contributed by atoms with Crippen LogP contribution >= 0.6 is 0 Å². The van der Waals surface area contributed by atoms with E-state index in [1.807, 2.05) is 50.5 Å². The molecule has 0 saturated carbocycles. The summed E-state index contributed by atoms with van der Waals surface area (Å²) >= 11 is 0. The summed E-state index contributed by atoms with van der Waals surface area (Å²) in [5.41, 5.74) is 2.76. The molecule has 0 radical (unpaired) electrons. The van der Waals surface area contributed by atoms with Gasteiger partial charge in [-0.3, -0.25) is 4.79 Å². The summed E-state index contributed by atoms with van der Waals surface area (Å²) in [6.07, 6.45) is 0.372. The van der Waals surface area contributed by atoms with Crippen LogP contribution in [-0.2, 0) is 4.79 Å². The van der Waals surface area contributed by atoms with Crippen molar-refractivity contribution in [2.45, 2.75) is 12.3 Å². The van der Waals surface area contributed by atoms with E-state index in [2.05, 4.69) is 10.2 Å². The molecule has 0 saturated heterocycles. The van der Waals surface area contributed by atoms with Gasteiger partial charge in [0.2, 0.25) is 5.91 Å². The lowest BCUT2D eigenvalue weighted by Gasteiger charge is -2.28. The number of amides is 1. The van der Waals surface area contributed by atoms with Gasteiger partial charge in [-0.05, 0) is 31.8 Å². The highest BCUT2D eigenvalue weighted by Crippen LogP contribution is 2.45. The molecule has 6 nitrogen and oxygen atoms in total. The molecule has 0 aliphatic carbocycles. The van der Waals surface area contributed by atoms with Gasteiger partial charge in [0.15, 0.2) is 0 Å². The third-order valence-electron chi connectivity index (χ3n) is 4.67. The van der Waals surface area contributed by atoms with Crippen LogP contribution in [0.15, 0.2) is 36.4 Å². The molecule has 144 valence electrons. The molecule has 1 aliphatic rings. The van der Waals surface area contributed by atoms with Crippen molar-refractivity contribution in [1.29, 1.82) is 0 Å². The number of benzene rings is 2. The standard InChI is InChI=1S/C21H26N2O4/c1-23(2)9-10-27-15-7-5-14(6-8-15)17-13-20(24)22-18-11-16(25-3)12-19(26-4)21(17)18/h5-8,11-12,17H,9-10,13H2,1-4H3,(H,22,24). The zero-order chi connectivity index (χ0) is 19.4. The number of likely N-dealkylation sites (N-methyl/N-ethyl adjacent to an activating group) is 1. The molecule has 27 heavy (non-hydrogen) atoms. The van der Waals surface area contributed by atoms with Gasteiger partial charge in [0.1, 0.15) is 23.9 Å². The minimum absolute atomic E-state index is 0.0193. The highest BCUT2D eigenvalue weighted by molar-refractivity contribution is 5.96. The normalized spacial score (nSPS) is 15.9. The molecule has 1 heterocycles. The third-order valence-corrected chi connectivity index (χ3v) is 4.67. The maximum atomic E-state index is 12.3. The van der Waals surface area contributed by atoms with Crippen molar-refractivity contribution < 1.29 is 19.0 Å². The number of anilines is 1. The first kappa shape index (κ1) is 19.0. The van der Waals surface area contributed by atoms with Gasteiger partial charge in [-0.1, -0.05) is 12.1 Å². The van der Waals surface area contributed by atoms with Gasteiger partial charge < -0.3 is 24.4 Å². The molecule has 0 fully saturated rings. The van der Waals surface area contributed by atoms with Crippen molar-refractivity contribution in [3.63, 3.8) is 0 Å². The van der Waals surface area contributed by atoms with E-state index in [0.717, 1.165) is 29.1 Å². The number of carbonyl (C=O) groups is 1. The van der Waals surface area contributed by atoms with Crippen molar-refractivity contribution in [1.82, 2.24) is 4.90 Å². The summed E-state index contributed by atoms with van der Waals surface area (Å²) in [7, 11) is 7.25. The maximum absolute atomic E-state index is 12.3. The summed E-state index contributed by atoms with van der Waals surface area (Å²) < 4.78 is 16.7. The number of hydrogen-bond donors (Lipinski definition) is 1. The van der Waals surface area contributed by atoms with Crippen LogP contribution < -0.4 is 19.5 Å². The first-order valence-corrected chi connectivity index (χ1v) is 8.95. The Morgan fingerprint density at radius 1 is 1.07 bits per heavy atom. The molecule has 1 N–H and O–H groups in total. The van der Waals surface area contributed by atoms with Crippen LogP contribution in [0.25, 0.3) is 0 Å². The van der Waals surface area contributed by atoms with E-state index in [1.165, 1.54) is 0 Å². The van der Waals surface area contributed by atoms with Gasteiger partial charge in [-0.2, -0.15) is 0 Å². The molecule has 2 aromatic rings. The lowest BCUT2D eigenvalue weighted by molar-refractivity contribution is -0.116. The van der Waals surface area contributed by atoms with Gasteiger partial charge in [-0.25, -0.2) is 0 Å². The van der Waals surface area contributed by atoms with Gasteiger partial charge in [-0.15, -0.1) is 0 Å². The average Bonchev–Trinajstić information content (AvgIpc) is 2.66. The Morgan fingerprint density at radius 2 is 1.81 bits per heavy atom. The predicted octanol–water partition coefficient (Wildman–Crippen LogP) is 3.12. The number of fused-ring (bicyclic) bond motifs is 1. The van der Waals surface area contributed by atoms with E-state index in [0.29, 0.717) is 24.5 Å². The first-order chi connectivity index (χ1) is 13.0. The molecule has 0 aromatic heterocycles. The first-order valence-electron chi connectivity index (χ1n) is 8.95. The van der Waals surface area contributed by atoms with Gasteiger partial charge in [0.25, 0.3) is 0 Å². The minimum atomic E-state index is -0.0783. The molecule has 1 aliphatic heterocycles. The van der Waals surface area contributed by atoms with Crippen LogP contribution in [0.5, 0.6) is 17.2 Å². The topological polar surface area (TPSA) is 60.0 Å². The quantitative estimate of drug-likeness (QED) is 0.811. The lowest BCUT2D eigenvalue weighted by atomic mass is 9.84. The number of carbonyl (C=O) groups excluding carboxylic acids is 1. The zero-order valence-corrected chi connectivity index (χ0v) is 16.2. The zero-order valence-electron chi connectivity index (χ0n) is 16.2. The van der Waals surface area contributed by atoms with E-state index >= 15 is 0 Å². The second kappa shape index (κ2) is 8.31. The molecule has 1 atom stereocenters. The molecule has 0 spiro atoms. The Kier molecular flexibility index (Phi) is 5.86. The van der Waals surface area contributed by atoms with Crippen molar-refractivity contribution in [2.75, 3.05) is 46.8 Å². The Bertz CT molecular complexity index is 803. The summed E-state index contributed by atoms with van der Waals surface area (Å²) in [5.74, 6) is 2.08. The van der Waals surface area contributed by atoms with E-state index < -0.39 is 0 Å². The predicted molar refractivity (Wildman–Crippen MR) is 105 cm³/mol. The summed E-state index contributed by atoms with van der Waals surface area (Å²) in [4.78, 5) is 14.3. The molecule has 0 bridgehead atoms. The van der Waals surface area contributed by atoms with Crippen molar-refractivity contribution >= 4 is 11.6 Å². The van der Waals surface area contributed by atoms with Crippen molar-refractivity contribution in [3.8, 4) is 17.2 Å². The van der Waals surface area contributed by atoms with Crippen LogP contribution in [0.3, 0.4) is 0 Å². The SMILES string of the molecule is COc1cc2c(c(OC)c1)C(c1ccc(OCCN(C)C)cc1)CC(=O)N2. The third kappa shape index (κ3) is 4.34. The molecule has 1 unspecified atom stereocenters. The number of nitrogens with one attached hydrogen (secondary N) is 1. The van der Waals surface area contributed by atoms with Gasteiger partial charge in [0.05, 0.1) is 19.9 Å². The molecular formula is C21H26N2O4. The van der Waals surface area contributed by atoms with Crippen molar-refractivity contribution in [2.24, 2.45) is 0 Å². The highest BCUT2D eigenvalue weighted by Gasteiger charge is 2.30. The van der Waals surface area contributed by atoms with Crippen LogP contribution in [0.4, 0.5) is 5.69 Å². The van der Waals surface area contributed by atoms with Crippen LogP contribution in [0, 0.1) is 0 Å². The van der Waals surface area contributed by atoms with Crippen LogP contribution in [-0.4, -0.2) is 52.3 Å². The minimum Gasteiger partial charge on any atom is -0.497 e. The number of hydrogen-bond acceptors (Lipinski definition) is 5. The number of methoxy groups -OCH3 is 2. The number of ether oxygens (including phenoxy) is 3. The second-order valence-corrected chi connectivity index (χ2v) is 6.82. The van der Waals surface area contributed by atoms with Gasteiger partial charge >= 0.3 is 0 Å². The fourth-order valence-corrected chi connectivity index (χ4v) is 3.27. The summed E-state index contributed by atoms with van der Waals surface area (Å²) in [5, 5.41) is 2.93. The van der Waals surface area contributed by atoms with Crippen molar-refractivity contribution in [3.05, 3.63) is 47.5 Å². The van der Waals surface area contributed by atoms with E-state index in [1.54, 1.807) is 14.2 Å². The fourth-order valence-electron chi connectivity index (χ4n) is 3.27. The lowest BCUT2D eigenvalue weighted by Crippen LogP contribution is -2.24. The smallest absolute Gasteiger partial charge is 0.225 e. The molecule has 3 rings (SSSR count). The number of nitrogens with zero attached hydrogens (tertiary/aromatic N) is 1. The van der Waals surface area contributed by atoms with Gasteiger partial charge in [0, 0.05) is 36.6 Å². The van der Waals surface area contributed by atoms with E-state index in [4.69, 9.17) is 14.2 Å². The second-order valence-electron chi connectivity index (χ2n) is 6.82. The largest absolute Gasteiger partial charge is 0.497 e. The molecular weight excluding hydrogens is 344 g/mol. The Labute approximate surface area is 160 Å². The summed E-state index contributed by atoms with van der Waals surface area (Å²) in [6, 6.07) is 11.6. The maximum Gasteiger partial charge on any atom is 0.225 e. The van der Waals surface area contributed by atoms with E-state index in [-0.39, 0.29) is 11.8 Å². The molecule has 1 amide bonds. The highest BCUT2D eigenvalue weighted by atomic mass is 16.5. The van der Waals surface area contributed by atoms with Crippen LogP contribution in [0.2, 0.25) is 0 Å². The monoisotopic (exact) mass is 370 g/mol. The Hall–Kier alpha value is -2.73.